The summed E-state index contributed by atoms with van der Waals surface area (Å²) in [4.78, 5) is 21.5. The molecule has 0 aliphatic heterocycles. The molecule has 0 aliphatic rings. The number of H-pyrrole nitrogens is 1. The third-order valence-electron chi connectivity index (χ3n) is 2.35. The molecule has 2 rings (SSSR count). The minimum Gasteiger partial charge on any atom is -0.310 e. The van der Waals surface area contributed by atoms with E-state index in [9.17, 15) is 18.0 Å². The zero-order chi connectivity index (χ0) is 14.2. The largest absolute Gasteiger partial charge is 0.417 e. The molecule has 4 nitrogen and oxygen atoms in total. The van der Waals surface area contributed by atoms with Crippen LogP contribution in [0.5, 0.6) is 0 Å². The van der Waals surface area contributed by atoms with E-state index in [0.717, 1.165) is 6.07 Å². The number of rotatable bonds is 1. The number of aromatic amines is 1. The van der Waals surface area contributed by atoms with Gasteiger partial charge in [-0.1, -0.05) is 11.6 Å². The van der Waals surface area contributed by atoms with Gasteiger partial charge in [0.15, 0.2) is 0 Å². The summed E-state index contributed by atoms with van der Waals surface area (Å²) in [5.74, 6) is 0.386. The topological polar surface area (TPSA) is 58.6 Å². The van der Waals surface area contributed by atoms with Gasteiger partial charge in [-0.15, -0.1) is 0 Å². The summed E-state index contributed by atoms with van der Waals surface area (Å²) in [6.07, 6.45) is -2.69. The van der Waals surface area contributed by atoms with Gasteiger partial charge in [-0.05, 0) is 13.0 Å². The Labute approximate surface area is 110 Å². The maximum absolute atomic E-state index is 12.5. The summed E-state index contributed by atoms with van der Waals surface area (Å²) in [5, 5.41) is -0.258. The second-order valence-electron chi connectivity index (χ2n) is 3.76. The number of aromatic nitrogens is 3. The maximum Gasteiger partial charge on any atom is 0.417 e. The number of hydrogen-bond donors (Lipinski definition) is 1. The lowest BCUT2D eigenvalue weighted by molar-refractivity contribution is -0.137. The van der Waals surface area contributed by atoms with Crippen molar-refractivity contribution in [3.8, 4) is 11.3 Å². The van der Waals surface area contributed by atoms with Crippen molar-refractivity contribution in [2.45, 2.75) is 13.1 Å². The van der Waals surface area contributed by atoms with Crippen LogP contribution < -0.4 is 5.56 Å². The molecule has 0 aromatic carbocycles. The Kier molecular flexibility index (Phi) is 3.32. The molecule has 1 N–H and O–H groups in total. The zero-order valence-electron chi connectivity index (χ0n) is 9.55. The number of aryl methyl sites for hydroxylation is 1. The van der Waals surface area contributed by atoms with Gasteiger partial charge in [0.1, 0.15) is 5.82 Å². The number of halogens is 4. The molecule has 0 amide bonds. The fourth-order valence-corrected chi connectivity index (χ4v) is 1.71. The Morgan fingerprint density at radius 2 is 1.95 bits per heavy atom. The number of nitrogens with zero attached hydrogens (tertiary/aromatic N) is 2. The van der Waals surface area contributed by atoms with Crippen LogP contribution in [-0.4, -0.2) is 15.0 Å². The predicted molar refractivity (Wildman–Crippen MR) is 62.8 cm³/mol. The summed E-state index contributed by atoms with van der Waals surface area (Å²) >= 11 is 5.74. The van der Waals surface area contributed by atoms with Crippen LogP contribution in [0.2, 0.25) is 5.02 Å². The molecular formula is C11H7ClF3N3O. The monoisotopic (exact) mass is 289 g/mol. The van der Waals surface area contributed by atoms with Crippen LogP contribution in [0.4, 0.5) is 13.2 Å². The first-order valence-corrected chi connectivity index (χ1v) is 5.46. The zero-order valence-corrected chi connectivity index (χ0v) is 10.3. The molecule has 0 radical (unpaired) electrons. The van der Waals surface area contributed by atoms with Crippen molar-refractivity contribution in [3.05, 3.63) is 45.2 Å². The van der Waals surface area contributed by atoms with Crippen molar-refractivity contribution < 1.29 is 13.2 Å². The van der Waals surface area contributed by atoms with Crippen LogP contribution in [0.3, 0.4) is 0 Å². The molecule has 0 unspecified atom stereocenters. The minimum absolute atomic E-state index is 0.0179. The number of nitrogens with one attached hydrogen (secondary N) is 1. The molecule has 0 bridgehead atoms. The first kappa shape index (κ1) is 13.5. The van der Waals surface area contributed by atoms with Gasteiger partial charge in [-0.25, -0.2) is 4.98 Å². The van der Waals surface area contributed by atoms with E-state index in [-0.39, 0.29) is 16.3 Å². The molecule has 0 saturated heterocycles. The van der Waals surface area contributed by atoms with E-state index in [1.807, 2.05) is 0 Å². The summed E-state index contributed by atoms with van der Waals surface area (Å²) in [5.41, 5.74) is -1.51. The molecule has 2 aromatic rings. The van der Waals surface area contributed by atoms with Gasteiger partial charge < -0.3 is 4.98 Å². The summed E-state index contributed by atoms with van der Waals surface area (Å²) in [7, 11) is 0. The van der Waals surface area contributed by atoms with E-state index in [1.54, 1.807) is 6.92 Å². The van der Waals surface area contributed by atoms with Crippen molar-refractivity contribution in [3.63, 3.8) is 0 Å². The standard InChI is InChI=1S/C11H7ClF3N3O/c1-5-16-4-7(10(19)18-5)9-8(12)2-6(3-17-9)11(13,14)15/h2-4H,1H3,(H,16,18,19). The lowest BCUT2D eigenvalue weighted by Crippen LogP contribution is -2.13. The molecule has 2 heterocycles. The number of pyridine rings is 1. The minimum atomic E-state index is -4.53. The smallest absolute Gasteiger partial charge is 0.310 e. The lowest BCUT2D eigenvalue weighted by atomic mass is 10.2. The van der Waals surface area contributed by atoms with Gasteiger partial charge in [0.2, 0.25) is 0 Å². The SMILES string of the molecule is Cc1ncc(-c2ncc(C(F)(F)F)cc2Cl)c(=O)[nH]1. The first-order chi connectivity index (χ1) is 8.79. The molecule has 100 valence electrons. The molecular weight excluding hydrogens is 283 g/mol. The van der Waals surface area contributed by atoms with Crippen molar-refractivity contribution >= 4 is 11.6 Å². The highest BCUT2D eigenvalue weighted by Gasteiger charge is 2.31. The van der Waals surface area contributed by atoms with Gasteiger partial charge in [0, 0.05) is 12.4 Å². The Bertz CT molecular complexity index is 682. The van der Waals surface area contributed by atoms with Crippen LogP contribution in [-0.2, 0) is 6.18 Å². The van der Waals surface area contributed by atoms with E-state index < -0.39 is 17.3 Å². The second-order valence-corrected chi connectivity index (χ2v) is 4.17. The van der Waals surface area contributed by atoms with Crippen LogP contribution in [0, 0.1) is 6.92 Å². The summed E-state index contributed by atoms with van der Waals surface area (Å²) in [6.45, 7) is 1.58. The molecule has 2 aromatic heterocycles. The number of alkyl halides is 3. The van der Waals surface area contributed by atoms with Crippen molar-refractivity contribution in [1.82, 2.24) is 15.0 Å². The van der Waals surface area contributed by atoms with Crippen LogP contribution in [0.25, 0.3) is 11.3 Å². The van der Waals surface area contributed by atoms with Gasteiger partial charge in [0.25, 0.3) is 5.56 Å². The molecule has 8 heteroatoms. The van der Waals surface area contributed by atoms with Gasteiger partial charge in [0.05, 0.1) is 21.8 Å². The second kappa shape index (κ2) is 4.65. The third kappa shape index (κ3) is 2.76. The highest BCUT2D eigenvalue weighted by molar-refractivity contribution is 6.33. The molecule has 0 aliphatic carbocycles. The molecule has 19 heavy (non-hydrogen) atoms. The quantitative estimate of drug-likeness (QED) is 0.878. The molecule has 0 fully saturated rings. The van der Waals surface area contributed by atoms with Crippen LogP contribution in [0.15, 0.2) is 23.3 Å². The van der Waals surface area contributed by atoms with E-state index >= 15 is 0 Å². The Balaban J connectivity index is 2.56. The van der Waals surface area contributed by atoms with E-state index in [4.69, 9.17) is 11.6 Å². The highest BCUT2D eigenvalue weighted by Crippen LogP contribution is 2.32. The lowest BCUT2D eigenvalue weighted by Gasteiger charge is -2.08. The van der Waals surface area contributed by atoms with E-state index in [0.29, 0.717) is 12.0 Å². The first-order valence-electron chi connectivity index (χ1n) is 5.08. The molecule has 0 spiro atoms. The third-order valence-corrected chi connectivity index (χ3v) is 2.64. The highest BCUT2D eigenvalue weighted by atomic mass is 35.5. The average molecular weight is 290 g/mol. The van der Waals surface area contributed by atoms with E-state index in [2.05, 4.69) is 15.0 Å². The summed E-state index contributed by atoms with van der Waals surface area (Å²) in [6, 6.07) is 0.725. The molecule has 0 atom stereocenters. The maximum atomic E-state index is 12.5. The van der Waals surface area contributed by atoms with Gasteiger partial charge in [-0.3, -0.25) is 9.78 Å². The average Bonchev–Trinajstić information content (AvgIpc) is 2.28. The fraction of sp³-hybridized carbons (Fsp3) is 0.182. The van der Waals surface area contributed by atoms with Crippen LogP contribution >= 0.6 is 11.6 Å². The normalized spacial score (nSPS) is 11.6. The van der Waals surface area contributed by atoms with Gasteiger partial charge >= 0.3 is 6.18 Å². The predicted octanol–water partition coefficient (Wildman–Crippen LogP) is 2.81. The van der Waals surface area contributed by atoms with Gasteiger partial charge in [-0.2, -0.15) is 13.2 Å². The Hall–Kier alpha value is -1.89. The van der Waals surface area contributed by atoms with E-state index in [1.165, 1.54) is 6.20 Å². The fourth-order valence-electron chi connectivity index (χ4n) is 1.44. The number of hydrogen-bond acceptors (Lipinski definition) is 3. The van der Waals surface area contributed by atoms with Crippen LogP contribution in [0.1, 0.15) is 11.4 Å². The molecule has 0 saturated carbocycles. The van der Waals surface area contributed by atoms with Crippen molar-refractivity contribution in [2.75, 3.05) is 0 Å². The Morgan fingerprint density at radius 1 is 1.26 bits per heavy atom. The summed E-state index contributed by atoms with van der Waals surface area (Å²) < 4.78 is 37.4. The van der Waals surface area contributed by atoms with Crippen molar-refractivity contribution in [2.24, 2.45) is 0 Å². The Morgan fingerprint density at radius 3 is 2.47 bits per heavy atom. The van der Waals surface area contributed by atoms with Crippen molar-refractivity contribution in [1.29, 1.82) is 0 Å².